The number of nitrogens with one attached hydrogen (secondary N) is 1. The normalized spacial score (nSPS) is 10.8. The lowest BCUT2D eigenvalue weighted by atomic mass is 10.2. The molecular formula is C16H13ClN4O3. The summed E-state index contributed by atoms with van der Waals surface area (Å²) >= 11 is 5.94. The van der Waals surface area contributed by atoms with Gasteiger partial charge >= 0.3 is 0 Å². The Morgan fingerprint density at radius 1 is 1.29 bits per heavy atom. The van der Waals surface area contributed by atoms with E-state index in [0.717, 1.165) is 0 Å². The van der Waals surface area contributed by atoms with Gasteiger partial charge in [0.1, 0.15) is 11.3 Å². The van der Waals surface area contributed by atoms with Crippen LogP contribution in [0.1, 0.15) is 21.7 Å². The SMILES string of the molecule is Cc1cc(NC(=O)c2c(C)nc3cc(Cl)ccn23)ccc1[N+](=O)[O-]. The van der Waals surface area contributed by atoms with Crippen LogP contribution in [0.4, 0.5) is 11.4 Å². The van der Waals surface area contributed by atoms with Crippen molar-refractivity contribution in [2.75, 3.05) is 5.32 Å². The molecule has 3 rings (SSSR count). The first-order chi connectivity index (χ1) is 11.4. The number of imidazole rings is 1. The predicted molar refractivity (Wildman–Crippen MR) is 90.7 cm³/mol. The van der Waals surface area contributed by atoms with Gasteiger partial charge < -0.3 is 5.32 Å². The Kier molecular flexibility index (Phi) is 3.94. The number of carbonyl (C=O) groups excluding carboxylic acids is 1. The number of amides is 1. The van der Waals surface area contributed by atoms with Crippen molar-refractivity contribution in [2.45, 2.75) is 13.8 Å². The Morgan fingerprint density at radius 2 is 2.04 bits per heavy atom. The number of fused-ring (bicyclic) bond motifs is 1. The van der Waals surface area contributed by atoms with Crippen molar-refractivity contribution >= 4 is 34.5 Å². The standard InChI is InChI=1S/C16H13ClN4O3/c1-9-7-12(3-4-13(9)21(23)24)19-16(22)15-10(2)18-14-8-11(17)5-6-20(14)15/h3-8H,1-2H3,(H,19,22). The first-order valence-corrected chi connectivity index (χ1v) is 7.45. The number of aryl methyl sites for hydroxylation is 2. The van der Waals surface area contributed by atoms with E-state index in [0.29, 0.717) is 33.3 Å². The smallest absolute Gasteiger partial charge is 0.274 e. The lowest BCUT2D eigenvalue weighted by molar-refractivity contribution is -0.385. The molecular weight excluding hydrogens is 332 g/mol. The van der Waals surface area contributed by atoms with E-state index in [4.69, 9.17) is 11.6 Å². The van der Waals surface area contributed by atoms with Crippen molar-refractivity contribution in [1.82, 2.24) is 9.38 Å². The van der Waals surface area contributed by atoms with Crippen molar-refractivity contribution in [2.24, 2.45) is 0 Å². The number of nitro benzene ring substituents is 1. The molecule has 7 nitrogen and oxygen atoms in total. The maximum Gasteiger partial charge on any atom is 0.274 e. The fourth-order valence-electron chi connectivity index (χ4n) is 2.54. The van der Waals surface area contributed by atoms with E-state index in [2.05, 4.69) is 10.3 Å². The van der Waals surface area contributed by atoms with Gasteiger partial charge in [-0.05, 0) is 32.0 Å². The number of carbonyl (C=O) groups is 1. The number of aromatic nitrogens is 2. The van der Waals surface area contributed by atoms with Crippen LogP contribution < -0.4 is 5.32 Å². The highest BCUT2D eigenvalue weighted by molar-refractivity contribution is 6.30. The van der Waals surface area contributed by atoms with Crippen LogP contribution in [0.2, 0.25) is 5.02 Å². The molecule has 2 aromatic heterocycles. The van der Waals surface area contributed by atoms with Crippen LogP contribution in [0.15, 0.2) is 36.5 Å². The molecule has 0 fully saturated rings. The summed E-state index contributed by atoms with van der Waals surface area (Å²) in [7, 11) is 0. The minimum absolute atomic E-state index is 0.00799. The average Bonchev–Trinajstić information content (AvgIpc) is 2.81. The van der Waals surface area contributed by atoms with Crippen molar-refractivity contribution in [1.29, 1.82) is 0 Å². The number of rotatable bonds is 3. The largest absolute Gasteiger partial charge is 0.321 e. The zero-order valence-electron chi connectivity index (χ0n) is 12.9. The molecule has 1 amide bonds. The highest BCUT2D eigenvalue weighted by Crippen LogP contribution is 2.23. The summed E-state index contributed by atoms with van der Waals surface area (Å²) in [6.45, 7) is 3.35. The second-order valence-corrected chi connectivity index (χ2v) is 5.77. The molecule has 2 heterocycles. The van der Waals surface area contributed by atoms with E-state index in [-0.39, 0.29) is 11.6 Å². The van der Waals surface area contributed by atoms with Gasteiger partial charge in [-0.2, -0.15) is 0 Å². The van der Waals surface area contributed by atoms with Crippen molar-refractivity contribution in [3.63, 3.8) is 0 Å². The Morgan fingerprint density at radius 3 is 2.71 bits per heavy atom. The van der Waals surface area contributed by atoms with E-state index in [1.54, 1.807) is 42.6 Å². The number of pyridine rings is 1. The minimum Gasteiger partial charge on any atom is -0.321 e. The number of nitrogens with zero attached hydrogens (tertiary/aromatic N) is 3. The fourth-order valence-corrected chi connectivity index (χ4v) is 2.69. The van der Waals surface area contributed by atoms with Crippen LogP contribution in [0.3, 0.4) is 0 Å². The first-order valence-electron chi connectivity index (χ1n) is 7.07. The molecule has 0 atom stereocenters. The summed E-state index contributed by atoms with van der Waals surface area (Å²) < 4.78 is 1.65. The van der Waals surface area contributed by atoms with Gasteiger partial charge in [-0.25, -0.2) is 4.98 Å². The number of hydrogen-bond acceptors (Lipinski definition) is 4. The highest BCUT2D eigenvalue weighted by Gasteiger charge is 2.18. The highest BCUT2D eigenvalue weighted by atomic mass is 35.5. The van der Waals surface area contributed by atoms with Crippen LogP contribution >= 0.6 is 11.6 Å². The minimum atomic E-state index is -0.459. The number of anilines is 1. The maximum atomic E-state index is 12.6. The molecule has 0 unspecified atom stereocenters. The van der Waals surface area contributed by atoms with Crippen LogP contribution in [0.25, 0.3) is 5.65 Å². The van der Waals surface area contributed by atoms with Crippen molar-refractivity contribution < 1.29 is 9.72 Å². The summed E-state index contributed by atoms with van der Waals surface area (Å²) in [5.41, 5.74) is 2.48. The zero-order chi connectivity index (χ0) is 17.4. The maximum absolute atomic E-state index is 12.6. The summed E-state index contributed by atoms with van der Waals surface area (Å²) in [6.07, 6.45) is 1.67. The van der Waals surface area contributed by atoms with E-state index in [9.17, 15) is 14.9 Å². The molecule has 0 spiro atoms. The van der Waals surface area contributed by atoms with E-state index >= 15 is 0 Å². The van der Waals surface area contributed by atoms with Crippen molar-refractivity contribution in [3.05, 3.63) is 68.6 Å². The second kappa shape index (κ2) is 5.93. The summed E-state index contributed by atoms with van der Waals surface area (Å²) in [5, 5.41) is 14.1. The number of nitro groups is 1. The fraction of sp³-hybridized carbons (Fsp3) is 0.125. The van der Waals surface area contributed by atoms with Gasteiger partial charge in [-0.1, -0.05) is 11.6 Å². The monoisotopic (exact) mass is 344 g/mol. The molecule has 0 aliphatic rings. The third-order valence-electron chi connectivity index (χ3n) is 3.63. The van der Waals surface area contributed by atoms with E-state index < -0.39 is 4.92 Å². The number of halogens is 1. The molecule has 3 aromatic rings. The van der Waals surface area contributed by atoms with Crippen LogP contribution in [-0.4, -0.2) is 20.2 Å². The van der Waals surface area contributed by atoms with Gasteiger partial charge in [0, 0.05) is 34.6 Å². The molecule has 0 aliphatic carbocycles. The third-order valence-corrected chi connectivity index (χ3v) is 3.86. The summed E-state index contributed by atoms with van der Waals surface area (Å²) in [6, 6.07) is 7.76. The average molecular weight is 345 g/mol. The first kappa shape index (κ1) is 15.9. The quantitative estimate of drug-likeness (QED) is 0.578. The zero-order valence-corrected chi connectivity index (χ0v) is 13.7. The molecule has 0 bridgehead atoms. The number of benzene rings is 1. The molecule has 1 aromatic carbocycles. The summed E-state index contributed by atoms with van der Waals surface area (Å²) in [4.78, 5) is 27.3. The molecule has 0 aliphatic heterocycles. The van der Waals surface area contributed by atoms with E-state index in [1.165, 1.54) is 12.1 Å². The predicted octanol–water partition coefficient (Wildman–Crippen LogP) is 3.77. The molecule has 0 radical (unpaired) electrons. The lowest BCUT2D eigenvalue weighted by Crippen LogP contribution is -2.15. The Balaban J connectivity index is 1.95. The molecule has 1 N–H and O–H groups in total. The molecule has 8 heteroatoms. The molecule has 122 valence electrons. The van der Waals surface area contributed by atoms with E-state index in [1.807, 2.05) is 0 Å². The topological polar surface area (TPSA) is 89.5 Å². The third kappa shape index (κ3) is 2.81. The number of hydrogen-bond donors (Lipinski definition) is 1. The van der Waals surface area contributed by atoms with Gasteiger partial charge in [-0.15, -0.1) is 0 Å². The van der Waals surface area contributed by atoms with Crippen LogP contribution in [-0.2, 0) is 0 Å². The van der Waals surface area contributed by atoms with Crippen LogP contribution in [0, 0.1) is 24.0 Å². The molecule has 24 heavy (non-hydrogen) atoms. The molecule has 0 saturated carbocycles. The Hall–Kier alpha value is -2.93. The lowest BCUT2D eigenvalue weighted by Gasteiger charge is -2.07. The van der Waals surface area contributed by atoms with Gasteiger partial charge in [-0.3, -0.25) is 19.3 Å². The van der Waals surface area contributed by atoms with Gasteiger partial charge in [0.05, 0.1) is 10.6 Å². The van der Waals surface area contributed by atoms with Crippen LogP contribution in [0.5, 0.6) is 0 Å². The van der Waals surface area contributed by atoms with Gasteiger partial charge in [0.2, 0.25) is 0 Å². The van der Waals surface area contributed by atoms with Gasteiger partial charge in [0.25, 0.3) is 11.6 Å². The second-order valence-electron chi connectivity index (χ2n) is 5.33. The summed E-state index contributed by atoms with van der Waals surface area (Å²) in [5.74, 6) is -0.351. The Bertz CT molecular complexity index is 981. The van der Waals surface area contributed by atoms with Crippen molar-refractivity contribution in [3.8, 4) is 0 Å². The molecule has 0 saturated heterocycles. The Labute approximate surface area is 142 Å². The van der Waals surface area contributed by atoms with Gasteiger partial charge in [0.15, 0.2) is 0 Å².